The Bertz CT molecular complexity index is 2490. The third-order valence-corrected chi connectivity index (χ3v) is 12.6. The third kappa shape index (κ3) is 12.6. The van der Waals surface area contributed by atoms with E-state index in [1.807, 2.05) is 53.7 Å². The number of ketones is 1. The maximum absolute atomic E-state index is 11.9. The number of hydrogen-bond donors (Lipinski definition) is 1. The number of fused-ring (bicyclic) bond motifs is 2. The van der Waals surface area contributed by atoms with E-state index >= 15 is 0 Å². The molecule has 0 spiro atoms. The molecule has 325 valence electrons. The minimum Gasteiger partial charge on any atom is -0.512 e. The summed E-state index contributed by atoms with van der Waals surface area (Å²) in [5.74, 6) is 1.53. The predicted octanol–water partition coefficient (Wildman–Crippen LogP) is 15.7. The van der Waals surface area contributed by atoms with Crippen molar-refractivity contribution < 1.29 is 32.7 Å². The number of aliphatic hydroxyl groups is 1. The van der Waals surface area contributed by atoms with Crippen molar-refractivity contribution in [3.8, 4) is 22.5 Å². The summed E-state index contributed by atoms with van der Waals surface area (Å²) in [6.45, 7) is 22.7. The molecule has 2 aromatic heterocycles. The van der Waals surface area contributed by atoms with Gasteiger partial charge in [-0.15, -0.1) is 69.8 Å². The largest absolute Gasteiger partial charge is 0.512 e. The molecular formula is C56H68IrN2O2-2. The van der Waals surface area contributed by atoms with E-state index in [9.17, 15) is 9.90 Å². The van der Waals surface area contributed by atoms with Gasteiger partial charge in [-0.2, -0.15) is 0 Å². The normalized spacial score (nSPS) is 13.6. The average molecular weight is 995 g/mol. The quantitative estimate of drug-likeness (QED) is 0.0798. The molecule has 1 radical (unpaired) electrons. The zero-order valence-electron chi connectivity index (χ0n) is 40.5. The average Bonchev–Trinajstić information content (AvgIpc) is 3.78. The van der Waals surface area contributed by atoms with Gasteiger partial charge in [0.05, 0.1) is 2.74 Å². The number of aryl methyl sites for hydroxylation is 4. The standard InChI is InChI=1S/C22H22N.C20H20N.C14H26O2.Ir/c1-15-11-16(2)13-20(12-15)22-21-8-7-18(17-5-3-4-6-17)14-19(21)9-10-23-22;1-13(2)16-5-6-19-17(12-16)7-8-21-20(19)18-10-14(3)9-15(4)11-18;1-6-11(7-2)12(15)10-13(16)14(5,8-3)9-4;/h7-12,14,17H,3-6H2,1-2H3;5-10,12-13H,1-4H3;10-11,16H,6-9H2,1-5H3;/q2*-1;;/b;;13-10-;/i10D;8D;;. The van der Waals surface area contributed by atoms with Crippen LogP contribution in [0, 0.1) is 51.2 Å². The van der Waals surface area contributed by atoms with Crippen molar-refractivity contribution in [2.45, 2.75) is 139 Å². The van der Waals surface area contributed by atoms with E-state index < -0.39 is 0 Å². The molecule has 0 saturated heterocycles. The van der Waals surface area contributed by atoms with Crippen molar-refractivity contribution in [1.29, 1.82) is 0 Å². The molecule has 7 rings (SSSR count). The molecule has 1 saturated carbocycles. The number of nitrogens with zero attached hydrogens (tertiary/aromatic N) is 2. The van der Waals surface area contributed by atoms with E-state index in [0.717, 1.165) is 80.9 Å². The molecule has 6 aromatic rings. The second-order valence-corrected chi connectivity index (χ2v) is 17.5. The van der Waals surface area contributed by atoms with Crippen LogP contribution in [0.25, 0.3) is 44.1 Å². The van der Waals surface area contributed by atoms with Crippen molar-refractivity contribution in [2.75, 3.05) is 0 Å². The molecule has 1 N–H and O–H groups in total. The van der Waals surface area contributed by atoms with Gasteiger partial charge in [0.15, 0.2) is 5.78 Å². The Hall–Kier alpha value is -4.44. The summed E-state index contributed by atoms with van der Waals surface area (Å²) in [7, 11) is 0. The van der Waals surface area contributed by atoms with Crippen molar-refractivity contribution >= 4 is 27.3 Å². The van der Waals surface area contributed by atoms with Gasteiger partial charge in [0.2, 0.25) is 0 Å². The first-order valence-corrected chi connectivity index (χ1v) is 22.3. The molecule has 1 fully saturated rings. The number of benzene rings is 4. The Morgan fingerprint density at radius 3 is 1.72 bits per heavy atom. The maximum atomic E-state index is 11.9. The Morgan fingerprint density at radius 1 is 0.770 bits per heavy atom. The summed E-state index contributed by atoms with van der Waals surface area (Å²) in [4.78, 5) is 20.8. The molecule has 4 aromatic carbocycles. The molecule has 2 heterocycles. The Kier molecular flexibility index (Phi) is 17.1. The van der Waals surface area contributed by atoms with Crippen molar-refractivity contribution in [1.82, 2.24) is 9.97 Å². The van der Waals surface area contributed by atoms with Gasteiger partial charge in [-0.1, -0.05) is 125 Å². The number of allylic oxidation sites excluding steroid dienone is 2. The molecule has 0 atom stereocenters. The monoisotopic (exact) mass is 996 g/mol. The van der Waals surface area contributed by atoms with E-state index in [-0.39, 0.29) is 43.0 Å². The number of aromatic nitrogens is 2. The fourth-order valence-electron chi connectivity index (χ4n) is 8.34. The van der Waals surface area contributed by atoms with Crippen molar-refractivity contribution in [3.05, 3.63) is 142 Å². The zero-order chi connectivity index (χ0) is 45.3. The van der Waals surface area contributed by atoms with Crippen LogP contribution < -0.4 is 0 Å². The Labute approximate surface area is 383 Å². The van der Waals surface area contributed by atoms with Crippen LogP contribution in [-0.4, -0.2) is 20.9 Å². The SMILES string of the molecule is CCC(CC)C(=O)/C=C(\O)C(C)(CC)CC.[2H]c1cc2cc(C(C)C)ccc2c(-c2[c-]c(C)cc(C)c2)n1.[2H]c1cc2cc(C3CCCC3)ccc2c(-c2[c-]c(C)cc(C)c2)n1.[Ir]. The first-order chi connectivity index (χ1) is 29.5. The minimum atomic E-state index is -0.248. The maximum Gasteiger partial charge on any atom is 0.162 e. The fourth-order valence-corrected chi connectivity index (χ4v) is 8.34. The van der Waals surface area contributed by atoms with E-state index in [1.165, 1.54) is 54.0 Å². The van der Waals surface area contributed by atoms with Gasteiger partial charge in [0.25, 0.3) is 0 Å². The van der Waals surface area contributed by atoms with Crippen LogP contribution in [0.1, 0.15) is 148 Å². The van der Waals surface area contributed by atoms with Gasteiger partial charge >= 0.3 is 0 Å². The third-order valence-electron chi connectivity index (χ3n) is 12.6. The number of hydrogen-bond acceptors (Lipinski definition) is 4. The Morgan fingerprint density at radius 2 is 1.26 bits per heavy atom. The van der Waals surface area contributed by atoms with Crippen LogP contribution >= 0.6 is 0 Å². The molecule has 0 unspecified atom stereocenters. The van der Waals surface area contributed by atoms with Gasteiger partial charge in [0, 0.05) is 49.9 Å². The molecule has 4 nitrogen and oxygen atoms in total. The number of carbonyl (C=O) groups excluding carboxylic acids is 1. The predicted molar refractivity (Wildman–Crippen MR) is 255 cm³/mol. The molecular weight excluding hydrogens is 925 g/mol. The molecule has 0 bridgehead atoms. The number of rotatable bonds is 11. The summed E-state index contributed by atoms with van der Waals surface area (Å²) >= 11 is 0. The molecule has 61 heavy (non-hydrogen) atoms. The fraction of sp³-hybridized carbons (Fsp3) is 0.411. The smallest absolute Gasteiger partial charge is 0.162 e. The number of pyridine rings is 2. The first-order valence-electron chi connectivity index (χ1n) is 23.3. The number of carbonyl (C=O) groups is 1. The van der Waals surface area contributed by atoms with Crippen LogP contribution in [0.5, 0.6) is 0 Å². The minimum absolute atomic E-state index is 0. The second-order valence-electron chi connectivity index (χ2n) is 17.5. The summed E-state index contributed by atoms with van der Waals surface area (Å²) in [6, 6.07) is 32.1. The summed E-state index contributed by atoms with van der Waals surface area (Å²) in [6.07, 6.45) is 10.7. The second kappa shape index (κ2) is 22.6. The molecule has 1 aliphatic carbocycles. The Balaban J connectivity index is 0.000000211. The van der Waals surface area contributed by atoms with Crippen molar-refractivity contribution in [2.24, 2.45) is 11.3 Å². The van der Waals surface area contributed by atoms with E-state index in [2.05, 4.69) is 117 Å². The van der Waals surface area contributed by atoms with Crippen LogP contribution in [-0.2, 0) is 24.9 Å². The first kappa shape index (κ1) is 46.1. The van der Waals surface area contributed by atoms with Crippen LogP contribution in [0.15, 0.2) is 97.0 Å². The van der Waals surface area contributed by atoms with E-state index in [0.29, 0.717) is 24.2 Å². The van der Waals surface area contributed by atoms with Crippen LogP contribution in [0.2, 0.25) is 0 Å². The zero-order valence-corrected chi connectivity index (χ0v) is 40.9. The summed E-state index contributed by atoms with van der Waals surface area (Å²) in [5.41, 5.74) is 10.7. The molecule has 0 aliphatic heterocycles. The molecule has 1 aliphatic rings. The van der Waals surface area contributed by atoms with Gasteiger partial charge < -0.3 is 15.1 Å². The summed E-state index contributed by atoms with van der Waals surface area (Å²) < 4.78 is 16.2. The molecule has 5 heteroatoms. The van der Waals surface area contributed by atoms with E-state index in [4.69, 9.17) is 2.74 Å². The topological polar surface area (TPSA) is 63.1 Å². The van der Waals surface area contributed by atoms with Gasteiger partial charge in [-0.05, 0) is 107 Å². The van der Waals surface area contributed by atoms with Crippen LogP contribution in [0.3, 0.4) is 0 Å². The number of aliphatic hydroxyl groups excluding tert-OH is 1. The van der Waals surface area contributed by atoms with Gasteiger partial charge in [-0.25, -0.2) is 0 Å². The van der Waals surface area contributed by atoms with Crippen LogP contribution in [0.4, 0.5) is 0 Å². The van der Waals surface area contributed by atoms with Crippen molar-refractivity contribution in [3.63, 3.8) is 0 Å². The molecule has 0 amide bonds. The summed E-state index contributed by atoms with van der Waals surface area (Å²) in [5, 5.41) is 14.4. The van der Waals surface area contributed by atoms with E-state index in [1.54, 1.807) is 0 Å². The van der Waals surface area contributed by atoms with Gasteiger partial charge in [-0.3, -0.25) is 4.79 Å². The van der Waals surface area contributed by atoms with Gasteiger partial charge in [0.1, 0.15) is 5.76 Å².